The van der Waals surface area contributed by atoms with Crippen molar-refractivity contribution in [1.82, 2.24) is 9.88 Å². The Morgan fingerprint density at radius 2 is 1.64 bits per heavy atom. The van der Waals surface area contributed by atoms with Crippen LogP contribution >= 0.6 is 34.5 Å². The first-order chi connectivity index (χ1) is 18.9. The first-order valence-corrected chi connectivity index (χ1v) is 14.3. The number of nitrogens with one attached hydrogen (secondary N) is 1. The Hall–Kier alpha value is -3.26. The predicted octanol–water partition coefficient (Wildman–Crippen LogP) is 7.85. The summed E-state index contributed by atoms with van der Waals surface area (Å²) in [4.78, 5) is 32.3. The standard InChI is InChI=1S/C30H26Cl2FN3O2S/c31-22-6-1-19(2-7-22)3-12-28(37)36-15-13-21(14-16-36)30-35-27(18-39-30)29(38)34-26-11-10-24(33)17-25(26)20-4-8-23(32)9-5-20/h1-2,4-11,17-18,21H,3,12-16H2,(H,34,38). The fourth-order valence-corrected chi connectivity index (χ4v) is 5.92. The van der Waals surface area contributed by atoms with Gasteiger partial charge in [-0.15, -0.1) is 11.3 Å². The van der Waals surface area contributed by atoms with E-state index < -0.39 is 5.82 Å². The molecule has 0 aliphatic carbocycles. The molecule has 1 fully saturated rings. The Morgan fingerprint density at radius 3 is 2.33 bits per heavy atom. The number of rotatable bonds is 7. The highest BCUT2D eigenvalue weighted by Crippen LogP contribution is 2.33. The van der Waals surface area contributed by atoms with E-state index >= 15 is 0 Å². The van der Waals surface area contributed by atoms with Gasteiger partial charge >= 0.3 is 0 Å². The highest BCUT2D eigenvalue weighted by molar-refractivity contribution is 7.10. The Balaban J connectivity index is 1.17. The average Bonchev–Trinajstić information content (AvgIpc) is 3.45. The fourth-order valence-electron chi connectivity index (χ4n) is 4.70. The van der Waals surface area contributed by atoms with Crippen LogP contribution in [-0.2, 0) is 11.2 Å². The maximum Gasteiger partial charge on any atom is 0.275 e. The van der Waals surface area contributed by atoms with Crippen LogP contribution in [0.2, 0.25) is 10.0 Å². The van der Waals surface area contributed by atoms with Crippen LogP contribution in [-0.4, -0.2) is 34.8 Å². The molecule has 1 N–H and O–H groups in total. The summed E-state index contributed by atoms with van der Waals surface area (Å²) < 4.78 is 14.0. The highest BCUT2D eigenvalue weighted by Gasteiger charge is 2.26. The number of hydrogen-bond donors (Lipinski definition) is 1. The number of piperidine rings is 1. The molecule has 1 aliphatic heterocycles. The monoisotopic (exact) mass is 581 g/mol. The molecule has 2 amide bonds. The van der Waals surface area contributed by atoms with Gasteiger partial charge in [0.05, 0.1) is 5.01 Å². The summed E-state index contributed by atoms with van der Waals surface area (Å²) in [6, 6.07) is 18.8. The normalized spacial score (nSPS) is 13.9. The minimum Gasteiger partial charge on any atom is -0.343 e. The van der Waals surface area contributed by atoms with Gasteiger partial charge in [0.15, 0.2) is 0 Å². The van der Waals surface area contributed by atoms with Gasteiger partial charge in [0.25, 0.3) is 5.91 Å². The number of aromatic nitrogens is 1. The molecule has 5 nitrogen and oxygen atoms in total. The van der Waals surface area contributed by atoms with E-state index in [9.17, 15) is 14.0 Å². The Morgan fingerprint density at radius 1 is 0.974 bits per heavy atom. The van der Waals surface area contributed by atoms with E-state index in [2.05, 4.69) is 10.3 Å². The van der Waals surface area contributed by atoms with Crippen LogP contribution in [0.1, 0.15) is 46.2 Å². The van der Waals surface area contributed by atoms with Gasteiger partial charge in [0.2, 0.25) is 5.91 Å². The number of aryl methyl sites for hydroxylation is 1. The van der Waals surface area contributed by atoms with Crippen LogP contribution in [0.4, 0.5) is 10.1 Å². The van der Waals surface area contributed by atoms with Crippen molar-refractivity contribution in [3.8, 4) is 11.1 Å². The van der Waals surface area contributed by atoms with Gasteiger partial charge in [0, 0.05) is 52.1 Å². The SMILES string of the molecule is O=C(Nc1ccc(F)cc1-c1ccc(Cl)cc1)c1csc(C2CCN(C(=O)CCc3ccc(Cl)cc3)CC2)n1. The molecule has 39 heavy (non-hydrogen) atoms. The number of thiazole rings is 1. The second kappa shape index (κ2) is 12.3. The van der Waals surface area contributed by atoms with Crippen molar-refractivity contribution < 1.29 is 14.0 Å². The zero-order chi connectivity index (χ0) is 27.4. The van der Waals surface area contributed by atoms with Crippen molar-refractivity contribution in [1.29, 1.82) is 0 Å². The summed E-state index contributed by atoms with van der Waals surface area (Å²) in [5.41, 5.74) is 3.20. The quantitative estimate of drug-likeness (QED) is 0.242. The van der Waals surface area contributed by atoms with Crippen molar-refractivity contribution in [2.75, 3.05) is 18.4 Å². The van der Waals surface area contributed by atoms with Crippen molar-refractivity contribution in [3.63, 3.8) is 0 Å². The van der Waals surface area contributed by atoms with E-state index in [0.717, 1.165) is 29.0 Å². The fraction of sp³-hybridized carbons (Fsp3) is 0.233. The Labute approximate surface area is 240 Å². The third-order valence-corrected chi connectivity index (χ3v) is 8.39. The summed E-state index contributed by atoms with van der Waals surface area (Å²) in [5.74, 6) is -0.399. The van der Waals surface area contributed by atoms with Gasteiger partial charge in [-0.05, 0) is 72.9 Å². The van der Waals surface area contributed by atoms with Crippen LogP contribution in [0, 0.1) is 5.82 Å². The van der Waals surface area contributed by atoms with Crippen molar-refractivity contribution >= 4 is 52.0 Å². The van der Waals surface area contributed by atoms with Gasteiger partial charge in [0.1, 0.15) is 11.5 Å². The van der Waals surface area contributed by atoms with Crippen LogP contribution in [0.3, 0.4) is 0 Å². The number of carbonyl (C=O) groups is 2. The van der Waals surface area contributed by atoms with E-state index in [0.29, 0.717) is 52.9 Å². The smallest absolute Gasteiger partial charge is 0.275 e. The number of anilines is 1. The van der Waals surface area contributed by atoms with E-state index in [1.54, 1.807) is 35.7 Å². The number of nitrogens with zero attached hydrogens (tertiary/aromatic N) is 2. The van der Waals surface area contributed by atoms with Gasteiger partial charge in [-0.2, -0.15) is 0 Å². The summed E-state index contributed by atoms with van der Waals surface area (Å²) in [6.45, 7) is 1.34. The van der Waals surface area contributed by atoms with E-state index in [1.165, 1.54) is 23.5 Å². The summed E-state index contributed by atoms with van der Waals surface area (Å²) in [5, 5.41) is 6.79. The largest absolute Gasteiger partial charge is 0.343 e. The molecule has 0 spiro atoms. The number of halogens is 3. The molecule has 5 rings (SSSR count). The number of hydrogen-bond acceptors (Lipinski definition) is 4. The average molecular weight is 583 g/mol. The molecule has 1 saturated heterocycles. The van der Waals surface area contributed by atoms with Crippen LogP contribution < -0.4 is 5.32 Å². The maximum absolute atomic E-state index is 14.0. The molecule has 0 radical (unpaired) electrons. The zero-order valence-electron chi connectivity index (χ0n) is 21.0. The van der Waals surface area contributed by atoms with Gasteiger partial charge in [-0.1, -0.05) is 47.5 Å². The second-order valence-corrected chi connectivity index (χ2v) is 11.3. The third kappa shape index (κ3) is 6.85. The first kappa shape index (κ1) is 27.3. The van der Waals surface area contributed by atoms with E-state index in [1.807, 2.05) is 29.2 Å². The minimum atomic E-state index is -0.399. The summed E-state index contributed by atoms with van der Waals surface area (Å²) in [6.07, 6.45) is 2.77. The number of likely N-dealkylation sites (tertiary alicyclic amines) is 1. The van der Waals surface area contributed by atoms with Gasteiger partial charge < -0.3 is 10.2 Å². The topological polar surface area (TPSA) is 62.3 Å². The molecular formula is C30H26Cl2FN3O2S. The molecule has 1 aromatic heterocycles. The Kier molecular flexibility index (Phi) is 8.60. The number of carbonyl (C=O) groups excluding carboxylic acids is 2. The van der Waals surface area contributed by atoms with E-state index in [-0.39, 0.29) is 17.7 Å². The second-order valence-electron chi connectivity index (χ2n) is 9.50. The van der Waals surface area contributed by atoms with Gasteiger partial charge in [-0.25, -0.2) is 9.37 Å². The van der Waals surface area contributed by atoms with Crippen molar-refractivity contribution in [3.05, 3.63) is 104 Å². The molecular weight excluding hydrogens is 556 g/mol. The molecule has 0 atom stereocenters. The summed E-state index contributed by atoms with van der Waals surface area (Å²) in [7, 11) is 0. The summed E-state index contributed by atoms with van der Waals surface area (Å²) >= 11 is 13.4. The lowest BCUT2D eigenvalue weighted by molar-refractivity contribution is -0.132. The molecule has 9 heteroatoms. The lowest BCUT2D eigenvalue weighted by Gasteiger charge is -2.31. The van der Waals surface area contributed by atoms with Crippen molar-refractivity contribution in [2.45, 2.75) is 31.6 Å². The molecule has 2 heterocycles. The van der Waals surface area contributed by atoms with Gasteiger partial charge in [-0.3, -0.25) is 9.59 Å². The van der Waals surface area contributed by atoms with Crippen LogP contribution in [0.15, 0.2) is 72.1 Å². The highest BCUT2D eigenvalue weighted by atomic mass is 35.5. The minimum absolute atomic E-state index is 0.151. The molecule has 0 bridgehead atoms. The van der Waals surface area contributed by atoms with Crippen LogP contribution in [0.25, 0.3) is 11.1 Å². The predicted molar refractivity (Wildman–Crippen MR) is 155 cm³/mol. The van der Waals surface area contributed by atoms with Crippen molar-refractivity contribution in [2.24, 2.45) is 0 Å². The number of amides is 2. The third-order valence-electron chi connectivity index (χ3n) is 6.88. The molecule has 0 unspecified atom stereocenters. The zero-order valence-corrected chi connectivity index (χ0v) is 23.3. The van der Waals surface area contributed by atoms with Crippen LogP contribution in [0.5, 0.6) is 0 Å². The first-order valence-electron chi connectivity index (χ1n) is 12.7. The van der Waals surface area contributed by atoms with E-state index in [4.69, 9.17) is 23.2 Å². The lowest BCUT2D eigenvalue weighted by Crippen LogP contribution is -2.38. The molecule has 200 valence electrons. The molecule has 0 saturated carbocycles. The molecule has 1 aliphatic rings. The molecule has 3 aromatic carbocycles. The maximum atomic E-state index is 14.0. The molecule has 4 aromatic rings. The number of benzene rings is 3. The Bertz CT molecular complexity index is 1470. The lowest BCUT2D eigenvalue weighted by atomic mass is 9.97.